The Morgan fingerprint density at radius 1 is 1.41 bits per heavy atom. The van der Waals surface area contributed by atoms with Gasteiger partial charge >= 0.3 is 5.97 Å². The Labute approximate surface area is 98.1 Å². The van der Waals surface area contributed by atoms with Gasteiger partial charge in [-0.1, -0.05) is 0 Å². The molecule has 0 saturated carbocycles. The van der Waals surface area contributed by atoms with Crippen LogP contribution >= 0.6 is 0 Å². The zero-order valence-electron chi connectivity index (χ0n) is 9.54. The number of nitrogens with zero attached hydrogens (tertiary/aromatic N) is 2. The molecule has 0 aliphatic rings. The average molecular weight is 232 g/mol. The van der Waals surface area contributed by atoms with E-state index in [0.29, 0.717) is 5.52 Å². The molecule has 88 valence electrons. The van der Waals surface area contributed by atoms with E-state index >= 15 is 0 Å². The predicted molar refractivity (Wildman–Crippen MR) is 62.3 cm³/mol. The van der Waals surface area contributed by atoms with Crippen molar-refractivity contribution in [3.05, 3.63) is 30.2 Å². The van der Waals surface area contributed by atoms with E-state index in [9.17, 15) is 4.79 Å². The lowest BCUT2D eigenvalue weighted by Crippen LogP contribution is -2.12. The van der Waals surface area contributed by atoms with Crippen molar-refractivity contribution in [2.75, 3.05) is 0 Å². The smallest absolute Gasteiger partial charge is 0.358 e. The summed E-state index contributed by atoms with van der Waals surface area (Å²) >= 11 is 0. The third-order valence-electron chi connectivity index (χ3n) is 2.16. The number of fused-ring (bicyclic) bond motifs is 1. The molecular weight excluding hydrogens is 220 g/mol. The molecule has 0 unspecified atom stereocenters. The number of hydrogen-bond donors (Lipinski definition) is 1. The number of carboxylic acids is 1. The first-order chi connectivity index (χ1) is 8.09. The fourth-order valence-corrected chi connectivity index (χ4v) is 1.52. The zero-order chi connectivity index (χ0) is 12.4. The van der Waals surface area contributed by atoms with Crippen molar-refractivity contribution in [3.8, 4) is 5.75 Å². The van der Waals surface area contributed by atoms with Crippen LogP contribution in [0.2, 0.25) is 0 Å². The lowest BCUT2D eigenvalue weighted by Gasteiger charge is -2.13. The molecule has 0 amide bonds. The van der Waals surface area contributed by atoms with Crippen molar-refractivity contribution in [1.29, 1.82) is 0 Å². The number of aromatic nitrogens is 2. The van der Waals surface area contributed by atoms with Crippen LogP contribution in [0, 0.1) is 0 Å². The number of rotatable bonds is 3. The standard InChI is InChI=1S/C12H12N2O3/c1-7(2)17-11-9-8(4-3-5-13-9)6-14-10(11)12(15)16/h3-7H,1-2H3,(H,15,16). The van der Waals surface area contributed by atoms with Gasteiger partial charge in [0.2, 0.25) is 0 Å². The molecule has 0 bridgehead atoms. The Morgan fingerprint density at radius 2 is 2.18 bits per heavy atom. The minimum Gasteiger partial charge on any atom is -0.486 e. The normalized spacial score (nSPS) is 10.8. The Balaban J connectivity index is 2.70. The lowest BCUT2D eigenvalue weighted by molar-refractivity contribution is 0.0684. The predicted octanol–water partition coefficient (Wildman–Crippen LogP) is 2.12. The number of carboxylic acid groups (broad SMARTS) is 1. The lowest BCUT2D eigenvalue weighted by atomic mass is 10.2. The first-order valence-electron chi connectivity index (χ1n) is 5.23. The molecule has 5 heteroatoms. The van der Waals surface area contributed by atoms with Crippen molar-refractivity contribution in [2.24, 2.45) is 0 Å². The van der Waals surface area contributed by atoms with Crippen molar-refractivity contribution < 1.29 is 14.6 Å². The summed E-state index contributed by atoms with van der Waals surface area (Å²) in [6, 6.07) is 3.58. The minimum atomic E-state index is -1.12. The number of ether oxygens (including phenoxy) is 1. The van der Waals surface area contributed by atoms with Crippen LogP contribution in [-0.4, -0.2) is 27.1 Å². The average Bonchev–Trinajstić information content (AvgIpc) is 2.28. The highest BCUT2D eigenvalue weighted by Crippen LogP contribution is 2.27. The van der Waals surface area contributed by atoms with Crippen LogP contribution in [0.1, 0.15) is 24.3 Å². The molecule has 0 aliphatic carbocycles. The molecule has 0 spiro atoms. The summed E-state index contributed by atoms with van der Waals surface area (Å²) in [6.45, 7) is 3.65. The van der Waals surface area contributed by atoms with E-state index in [2.05, 4.69) is 9.97 Å². The third kappa shape index (κ3) is 2.18. The van der Waals surface area contributed by atoms with E-state index in [0.717, 1.165) is 5.39 Å². The SMILES string of the molecule is CC(C)Oc1c(C(=O)O)ncc2cccnc12. The van der Waals surface area contributed by atoms with Gasteiger partial charge in [-0.3, -0.25) is 4.98 Å². The van der Waals surface area contributed by atoms with Crippen LogP contribution in [0.5, 0.6) is 5.75 Å². The summed E-state index contributed by atoms with van der Waals surface area (Å²) in [5.74, 6) is -0.890. The van der Waals surface area contributed by atoms with Gasteiger partial charge in [-0.15, -0.1) is 0 Å². The first kappa shape index (κ1) is 11.3. The minimum absolute atomic E-state index is 0.107. The monoisotopic (exact) mass is 232 g/mol. The molecule has 0 aliphatic heterocycles. The van der Waals surface area contributed by atoms with E-state index < -0.39 is 5.97 Å². The molecule has 0 saturated heterocycles. The van der Waals surface area contributed by atoms with E-state index in [-0.39, 0.29) is 17.5 Å². The van der Waals surface area contributed by atoms with Crippen LogP contribution in [0.15, 0.2) is 24.5 Å². The van der Waals surface area contributed by atoms with Crippen LogP contribution in [0.3, 0.4) is 0 Å². The highest BCUT2D eigenvalue weighted by molar-refractivity contribution is 5.96. The van der Waals surface area contributed by atoms with Crippen molar-refractivity contribution in [3.63, 3.8) is 0 Å². The van der Waals surface area contributed by atoms with Gasteiger partial charge in [-0.05, 0) is 26.0 Å². The van der Waals surface area contributed by atoms with Crippen LogP contribution < -0.4 is 4.74 Å². The zero-order valence-corrected chi connectivity index (χ0v) is 9.54. The second-order valence-corrected chi connectivity index (χ2v) is 3.85. The van der Waals surface area contributed by atoms with E-state index in [1.165, 1.54) is 6.20 Å². The summed E-state index contributed by atoms with van der Waals surface area (Å²) in [6.07, 6.45) is 2.95. The van der Waals surface area contributed by atoms with Crippen molar-refractivity contribution in [1.82, 2.24) is 9.97 Å². The molecule has 2 aromatic heterocycles. The second kappa shape index (κ2) is 4.37. The molecule has 0 aromatic carbocycles. The Hall–Kier alpha value is -2.17. The summed E-state index contributed by atoms with van der Waals surface area (Å²) in [5, 5.41) is 9.83. The van der Waals surface area contributed by atoms with Gasteiger partial charge in [0.05, 0.1) is 6.10 Å². The van der Waals surface area contributed by atoms with Gasteiger partial charge in [0.1, 0.15) is 5.52 Å². The van der Waals surface area contributed by atoms with Crippen LogP contribution in [0.4, 0.5) is 0 Å². The Bertz CT molecular complexity index is 567. The molecule has 0 radical (unpaired) electrons. The molecule has 0 atom stereocenters. The summed E-state index contributed by atoms with van der Waals surface area (Å²) in [5.41, 5.74) is 0.415. The number of hydrogen-bond acceptors (Lipinski definition) is 4. The van der Waals surface area contributed by atoms with Crippen LogP contribution in [-0.2, 0) is 0 Å². The third-order valence-corrected chi connectivity index (χ3v) is 2.16. The highest BCUT2D eigenvalue weighted by Gasteiger charge is 2.18. The van der Waals surface area contributed by atoms with Crippen LogP contribution in [0.25, 0.3) is 10.9 Å². The molecule has 5 nitrogen and oxygen atoms in total. The second-order valence-electron chi connectivity index (χ2n) is 3.85. The number of pyridine rings is 2. The van der Waals surface area contributed by atoms with Crippen molar-refractivity contribution >= 4 is 16.9 Å². The van der Waals surface area contributed by atoms with Crippen molar-refractivity contribution in [2.45, 2.75) is 20.0 Å². The molecule has 1 N–H and O–H groups in total. The van der Waals surface area contributed by atoms with Gasteiger partial charge < -0.3 is 9.84 Å². The molecule has 17 heavy (non-hydrogen) atoms. The molecular formula is C12H12N2O3. The topological polar surface area (TPSA) is 72.3 Å². The molecule has 2 rings (SSSR count). The van der Waals surface area contributed by atoms with E-state index in [4.69, 9.17) is 9.84 Å². The van der Waals surface area contributed by atoms with Gasteiger partial charge in [-0.2, -0.15) is 0 Å². The van der Waals surface area contributed by atoms with Gasteiger partial charge in [0, 0.05) is 17.8 Å². The Kier molecular flexibility index (Phi) is 2.91. The molecule has 2 aromatic rings. The largest absolute Gasteiger partial charge is 0.486 e. The fraction of sp³-hybridized carbons (Fsp3) is 0.250. The quantitative estimate of drug-likeness (QED) is 0.877. The van der Waals surface area contributed by atoms with E-state index in [1.54, 1.807) is 12.3 Å². The van der Waals surface area contributed by atoms with Gasteiger partial charge in [0.25, 0.3) is 0 Å². The number of aromatic carboxylic acids is 1. The maximum Gasteiger partial charge on any atom is 0.358 e. The maximum absolute atomic E-state index is 11.1. The van der Waals surface area contributed by atoms with Gasteiger partial charge in [0.15, 0.2) is 11.4 Å². The fourth-order valence-electron chi connectivity index (χ4n) is 1.52. The molecule has 2 heterocycles. The first-order valence-corrected chi connectivity index (χ1v) is 5.23. The maximum atomic E-state index is 11.1. The van der Waals surface area contributed by atoms with E-state index in [1.807, 2.05) is 19.9 Å². The Morgan fingerprint density at radius 3 is 2.82 bits per heavy atom. The summed E-state index contributed by atoms with van der Waals surface area (Å²) in [7, 11) is 0. The van der Waals surface area contributed by atoms with Gasteiger partial charge in [-0.25, -0.2) is 9.78 Å². The summed E-state index contributed by atoms with van der Waals surface area (Å²) < 4.78 is 5.51. The summed E-state index contributed by atoms with van der Waals surface area (Å²) in [4.78, 5) is 19.1. The highest BCUT2D eigenvalue weighted by atomic mass is 16.5. The molecule has 0 fully saturated rings. The number of carbonyl (C=O) groups is 1.